The molecule has 2 N–H and O–H groups in total. The van der Waals surface area contributed by atoms with Crippen LogP contribution in [0.15, 0.2) is 0 Å². The van der Waals surface area contributed by atoms with Crippen LogP contribution >= 0.6 is 0 Å². The zero-order valence-electron chi connectivity index (χ0n) is 20.0. The first-order valence-electron chi connectivity index (χ1n) is 11.0. The first-order chi connectivity index (χ1) is 14.4. The number of nitriles is 1. The van der Waals surface area contributed by atoms with Crippen LogP contribution in [0.3, 0.4) is 0 Å². The van der Waals surface area contributed by atoms with Gasteiger partial charge in [-0.15, -0.1) is 0 Å². The highest BCUT2D eigenvalue weighted by atomic mass is 16.6. The molecule has 0 spiro atoms. The summed E-state index contributed by atoms with van der Waals surface area (Å²) >= 11 is 0. The first kappa shape index (κ1) is 24.7. The number of ether oxygens (including phenoxy) is 1. The fourth-order valence-electron chi connectivity index (χ4n) is 3.96. The predicted molar refractivity (Wildman–Crippen MR) is 121 cm³/mol. The van der Waals surface area contributed by atoms with E-state index in [0.29, 0.717) is 24.0 Å². The van der Waals surface area contributed by atoms with Crippen molar-refractivity contribution in [3.8, 4) is 6.07 Å². The third kappa shape index (κ3) is 6.47. The minimum absolute atomic E-state index is 0.0706. The van der Waals surface area contributed by atoms with Crippen molar-refractivity contribution >= 4 is 17.8 Å². The van der Waals surface area contributed by atoms with Gasteiger partial charge in [0.25, 0.3) is 0 Å². The largest absolute Gasteiger partial charge is 0.444 e. The number of likely N-dealkylation sites (N-methyl/N-ethyl adjacent to an activating group) is 1. The molecule has 0 aromatic carbocycles. The van der Waals surface area contributed by atoms with Gasteiger partial charge in [-0.1, -0.05) is 12.8 Å². The van der Waals surface area contributed by atoms with Crippen molar-refractivity contribution in [1.29, 1.82) is 5.26 Å². The van der Waals surface area contributed by atoms with Crippen LogP contribution in [-0.2, 0) is 9.53 Å². The maximum atomic E-state index is 12.8. The number of carbonyl (C=O) groups excluding carboxylic acids is 2. The van der Waals surface area contributed by atoms with Gasteiger partial charge in [-0.05, 0) is 67.0 Å². The van der Waals surface area contributed by atoms with Crippen molar-refractivity contribution < 1.29 is 14.3 Å². The van der Waals surface area contributed by atoms with Crippen LogP contribution < -0.4 is 10.6 Å². The number of nitrogens with zero attached hydrogens (tertiary/aromatic N) is 3. The highest BCUT2D eigenvalue weighted by Crippen LogP contribution is 2.37. The number of alkyl carbamates (subject to hydrolysis) is 1. The summed E-state index contributed by atoms with van der Waals surface area (Å²) in [4.78, 5) is 26.5. The van der Waals surface area contributed by atoms with Gasteiger partial charge in [0.1, 0.15) is 17.5 Å². The number of anilines is 1. The maximum Gasteiger partial charge on any atom is 0.407 e. The third-order valence-corrected chi connectivity index (χ3v) is 5.90. The minimum Gasteiger partial charge on any atom is -0.444 e. The summed E-state index contributed by atoms with van der Waals surface area (Å²) in [6.07, 6.45) is 3.99. The summed E-state index contributed by atoms with van der Waals surface area (Å²) in [6, 6.07) is 2.52. The van der Waals surface area contributed by atoms with Crippen LogP contribution in [0.25, 0.3) is 0 Å². The van der Waals surface area contributed by atoms with Crippen LogP contribution in [-0.4, -0.2) is 53.2 Å². The average Bonchev–Trinajstić information content (AvgIpc) is 3.25. The average molecular weight is 432 g/mol. The topological polar surface area (TPSA) is 99.4 Å². The normalized spacial score (nSPS) is 15.6. The molecule has 1 aliphatic rings. The molecule has 0 saturated heterocycles. The van der Waals surface area contributed by atoms with Crippen molar-refractivity contribution in [2.75, 3.05) is 25.5 Å². The van der Waals surface area contributed by atoms with Crippen molar-refractivity contribution in [3.05, 3.63) is 16.8 Å². The third-order valence-electron chi connectivity index (χ3n) is 5.90. The van der Waals surface area contributed by atoms with Crippen LogP contribution in [0.2, 0.25) is 0 Å². The van der Waals surface area contributed by atoms with Gasteiger partial charge < -0.3 is 19.9 Å². The Morgan fingerprint density at radius 1 is 1.29 bits per heavy atom. The minimum atomic E-state index is -0.554. The Labute approximate surface area is 185 Å². The van der Waals surface area contributed by atoms with Gasteiger partial charge >= 0.3 is 6.09 Å². The molecule has 1 heterocycles. The molecule has 2 amide bonds. The molecule has 1 unspecified atom stereocenters. The number of rotatable bonds is 7. The summed E-state index contributed by atoms with van der Waals surface area (Å²) in [5.74, 6) is 0.433. The summed E-state index contributed by atoms with van der Waals surface area (Å²) < 4.78 is 7.39. The summed E-state index contributed by atoms with van der Waals surface area (Å²) in [7, 11) is 1.83. The Kier molecular flexibility index (Phi) is 8.13. The molecule has 1 fully saturated rings. The fraction of sp³-hybridized carbons (Fsp3) is 0.696. The number of aromatic nitrogens is 1. The monoisotopic (exact) mass is 431 g/mol. The highest BCUT2D eigenvalue weighted by Gasteiger charge is 2.27. The second-order valence-electron chi connectivity index (χ2n) is 9.55. The zero-order chi connectivity index (χ0) is 23.3. The van der Waals surface area contributed by atoms with Gasteiger partial charge in [-0.3, -0.25) is 9.69 Å². The van der Waals surface area contributed by atoms with E-state index in [1.165, 1.54) is 12.8 Å². The van der Waals surface area contributed by atoms with Gasteiger partial charge in [0, 0.05) is 24.3 Å². The van der Waals surface area contributed by atoms with Crippen LogP contribution in [0, 0.1) is 25.2 Å². The predicted octanol–water partition coefficient (Wildman–Crippen LogP) is 3.88. The highest BCUT2D eigenvalue weighted by molar-refractivity contribution is 5.93. The molecule has 8 heteroatoms. The summed E-state index contributed by atoms with van der Waals surface area (Å²) in [5, 5.41) is 15.4. The number of nitrogens with one attached hydrogen (secondary N) is 2. The van der Waals surface area contributed by atoms with Crippen LogP contribution in [0.1, 0.15) is 76.2 Å². The fourth-order valence-corrected chi connectivity index (χ4v) is 3.96. The van der Waals surface area contributed by atoms with Gasteiger partial charge in [0.05, 0.1) is 12.1 Å². The van der Waals surface area contributed by atoms with Crippen LogP contribution in [0.4, 0.5) is 10.6 Å². The molecule has 0 radical (unpaired) electrons. The van der Waals surface area contributed by atoms with E-state index in [4.69, 9.17) is 4.74 Å². The van der Waals surface area contributed by atoms with Crippen LogP contribution in [0.5, 0.6) is 0 Å². The molecule has 1 saturated carbocycles. The van der Waals surface area contributed by atoms with Gasteiger partial charge in [0.15, 0.2) is 0 Å². The lowest BCUT2D eigenvalue weighted by Gasteiger charge is -2.26. The van der Waals surface area contributed by atoms with Crippen molar-refractivity contribution in [2.24, 2.45) is 0 Å². The molecule has 1 aliphatic carbocycles. The Morgan fingerprint density at radius 3 is 2.45 bits per heavy atom. The lowest BCUT2D eigenvalue weighted by molar-refractivity contribution is -0.117. The van der Waals surface area contributed by atoms with Crippen molar-refractivity contribution in [1.82, 2.24) is 14.8 Å². The Balaban J connectivity index is 2.01. The summed E-state index contributed by atoms with van der Waals surface area (Å²) in [5.41, 5.74) is 1.96. The Bertz CT molecular complexity index is 841. The standard InChI is InChI=1S/C23H37N5O3/c1-15(13-25-22(30)31-23(4,5)6)27(7)14-20(29)26-21-19(12-24)16(2)17(3)28(21)18-10-8-9-11-18/h15,18H,8-11,13-14H2,1-7H3,(H,25,30)(H,26,29). The van der Waals surface area contributed by atoms with E-state index in [1.807, 2.05) is 53.5 Å². The molecule has 1 atom stereocenters. The van der Waals surface area contributed by atoms with E-state index in [0.717, 1.165) is 24.1 Å². The van der Waals surface area contributed by atoms with Crippen molar-refractivity contribution in [2.45, 2.75) is 84.9 Å². The number of hydrogen-bond acceptors (Lipinski definition) is 5. The number of carbonyl (C=O) groups is 2. The molecular weight excluding hydrogens is 394 g/mol. The lowest BCUT2D eigenvalue weighted by atomic mass is 10.2. The molecule has 31 heavy (non-hydrogen) atoms. The number of hydrogen-bond donors (Lipinski definition) is 2. The van der Waals surface area contributed by atoms with E-state index in [2.05, 4.69) is 21.3 Å². The first-order valence-corrected chi connectivity index (χ1v) is 11.0. The van der Waals surface area contributed by atoms with Gasteiger partial charge in [-0.2, -0.15) is 5.26 Å². The van der Waals surface area contributed by atoms with E-state index in [-0.39, 0.29) is 18.5 Å². The van der Waals surface area contributed by atoms with Gasteiger partial charge in [-0.25, -0.2) is 4.79 Å². The quantitative estimate of drug-likeness (QED) is 0.683. The molecule has 0 bridgehead atoms. The molecule has 1 aromatic rings. The second kappa shape index (κ2) is 10.2. The van der Waals surface area contributed by atoms with E-state index in [1.54, 1.807) is 0 Å². The zero-order valence-corrected chi connectivity index (χ0v) is 20.0. The smallest absolute Gasteiger partial charge is 0.407 e. The van der Waals surface area contributed by atoms with Crippen molar-refractivity contribution in [3.63, 3.8) is 0 Å². The molecule has 0 aliphatic heterocycles. The second-order valence-corrected chi connectivity index (χ2v) is 9.55. The molecule has 8 nitrogen and oxygen atoms in total. The van der Waals surface area contributed by atoms with E-state index < -0.39 is 11.7 Å². The number of amides is 2. The Morgan fingerprint density at radius 2 is 1.90 bits per heavy atom. The Hall–Kier alpha value is -2.53. The molecule has 2 rings (SSSR count). The summed E-state index contributed by atoms with van der Waals surface area (Å²) in [6.45, 7) is 11.8. The van der Waals surface area contributed by atoms with Gasteiger partial charge in [0.2, 0.25) is 5.91 Å². The molecule has 1 aromatic heterocycles. The lowest BCUT2D eigenvalue weighted by Crippen LogP contribution is -2.44. The molecular formula is C23H37N5O3. The molecule has 172 valence electrons. The SMILES string of the molecule is Cc1c(C#N)c(NC(=O)CN(C)C(C)CNC(=O)OC(C)(C)C)n(C2CCCC2)c1C. The van der Waals surface area contributed by atoms with E-state index >= 15 is 0 Å². The van der Waals surface area contributed by atoms with E-state index in [9.17, 15) is 14.9 Å². The maximum absolute atomic E-state index is 12.8.